The second-order valence-corrected chi connectivity index (χ2v) is 3.45. The second-order valence-electron chi connectivity index (χ2n) is 3.45. The fraction of sp³-hybridized carbons (Fsp3) is 0.308. The molecule has 1 aliphatic carbocycles. The van der Waals surface area contributed by atoms with E-state index in [9.17, 15) is 4.79 Å². The molecule has 0 N–H and O–H groups in total. The Morgan fingerprint density at radius 2 is 1.94 bits per heavy atom. The number of nitrogens with zero attached hydrogens (tertiary/aromatic N) is 1. The van der Waals surface area contributed by atoms with Crippen LogP contribution in [0.2, 0.25) is 0 Å². The minimum absolute atomic E-state index is 0. The van der Waals surface area contributed by atoms with Gasteiger partial charge in [0.05, 0.1) is 0 Å². The molecule has 1 aliphatic rings. The van der Waals surface area contributed by atoms with Crippen molar-refractivity contribution in [2.75, 3.05) is 0 Å². The van der Waals surface area contributed by atoms with Gasteiger partial charge in [-0.2, -0.15) is 13.8 Å². The van der Waals surface area contributed by atoms with Gasteiger partial charge in [0.25, 0.3) is 0 Å². The molecule has 1 heterocycles. The van der Waals surface area contributed by atoms with Crippen molar-refractivity contribution in [3.8, 4) is 0 Å². The Hall–Kier alpha value is -0.194. The number of carbonyl (C=O) groups is 1. The molecule has 88 valence electrons. The van der Waals surface area contributed by atoms with Crippen LogP contribution in [0.3, 0.4) is 0 Å². The molecule has 1 aromatic heterocycles. The average molecular weight is 306 g/mol. The van der Waals surface area contributed by atoms with Crippen LogP contribution in [0.1, 0.15) is 32.3 Å². The number of pyridine rings is 1. The fourth-order valence-electron chi connectivity index (χ4n) is 1.38. The molecule has 0 saturated heterocycles. The minimum atomic E-state index is 0. The number of allylic oxidation sites excluding steroid dienone is 2. The van der Waals surface area contributed by atoms with Crippen LogP contribution in [0.4, 0.5) is 0 Å². The van der Waals surface area contributed by atoms with Crippen molar-refractivity contribution in [3.63, 3.8) is 0 Å². The van der Waals surface area contributed by atoms with Crippen LogP contribution < -0.4 is 17.0 Å². The molecule has 0 amide bonds. The van der Waals surface area contributed by atoms with E-state index in [2.05, 4.69) is 4.98 Å². The van der Waals surface area contributed by atoms with E-state index in [1.807, 2.05) is 32.4 Å². The Bertz CT molecular complexity index is 352. The topological polar surface area (TPSA) is 30.0 Å². The molecule has 0 aromatic carbocycles. The van der Waals surface area contributed by atoms with E-state index in [1.165, 1.54) is 0 Å². The molecule has 0 fully saturated rings. The van der Waals surface area contributed by atoms with Gasteiger partial charge in [-0.25, -0.2) is 0 Å². The monoisotopic (exact) mass is 305 g/mol. The van der Waals surface area contributed by atoms with E-state index in [1.54, 1.807) is 18.5 Å². The van der Waals surface area contributed by atoms with Crippen LogP contribution in [-0.2, 0) is 4.79 Å². The molecule has 0 radical (unpaired) electrons. The second kappa shape index (κ2) is 10.9. The summed E-state index contributed by atoms with van der Waals surface area (Å²) in [5, 5.41) is 0. The van der Waals surface area contributed by atoms with Crippen LogP contribution in [0, 0.1) is 6.42 Å². The molecular weight excluding hydrogens is 290 g/mol. The van der Waals surface area contributed by atoms with Gasteiger partial charge in [-0.3, -0.25) is 9.78 Å². The number of aromatic nitrogens is 1. The Labute approximate surface area is 130 Å². The van der Waals surface area contributed by atoms with Crippen LogP contribution >= 0.6 is 0 Å². The number of hydrogen-bond donors (Lipinski definition) is 0. The van der Waals surface area contributed by atoms with Gasteiger partial charge in [0.1, 0.15) is 0 Å². The van der Waals surface area contributed by atoms with E-state index >= 15 is 0 Å². The molecule has 0 saturated carbocycles. The first-order valence-electron chi connectivity index (χ1n) is 5.15. The van der Waals surface area contributed by atoms with Crippen LogP contribution in [-0.4, -0.2) is 33.8 Å². The smallest absolute Gasteiger partial charge is 1.00 e. The summed E-state index contributed by atoms with van der Waals surface area (Å²) in [5.74, 6) is 0.230. The number of hydrogen-bond acceptors (Lipinski definition) is 2. The first-order chi connectivity index (χ1) is 7.27. The standard InChI is InChI=1S/C10H9NO.C3H7.BrH.Mg/c12-10-4-3-8(6-10)9-2-1-5-11-7-9;1-3-2;;/h1-2,5-7H,3-4H2;3H,1-2H3;1H;/q;-1;;+2/p-1. The van der Waals surface area contributed by atoms with E-state index in [0.29, 0.717) is 6.42 Å². The third-order valence-electron chi connectivity index (χ3n) is 2.01. The summed E-state index contributed by atoms with van der Waals surface area (Å²) in [4.78, 5) is 14.9. The Kier molecular flexibility index (Phi) is 12.3. The molecule has 0 unspecified atom stereocenters. The molecule has 2 nitrogen and oxygen atoms in total. The molecule has 0 bridgehead atoms. The van der Waals surface area contributed by atoms with E-state index in [0.717, 1.165) is 17.6 Å². The molecule has 0 aliphatic heterocycles. The van der Waals surface area contributed by atoms with Gasteiger partial charge in [-0.1, -0.05) is 6.07 Å². The van der Waals surface area contributed by atoms with Crippen LogP contribution in [0.15, 0.2) is 30.6 Å². The van der Waals surface area contributed by atoms with E-state index in [4.69, 9.17) is 0 Å². The van der Waals surface area contributed by atoms with Crippen molar-refractivity contribution < 1.29 is 21.8 Å². The van der Waals surface area contributed by atoms with Crippen LogP contribution in [0.25, 0.3) is 5.57 Å². The first kappa shape index (κ1) is 19.2. The van der Waals surface area contributed by atoms with E-state index < -0.39 is 0 Å². The van der Waals surface area contributed by atoms with E-state index in [-0.39, 0.29) is 45.8 Å². The zero-order valence-electron chi connectivity index (χ0n) is 10.3. The summed E-state index contributed by atoms with van der Waals surface area (Å²) in [5.41, 5.74) is 2.19. The largest absolute Gasteiger partial charge is 2.00 e. The molecular formula is C13H16BrMgNO. The number of ketones is 1. The summed E-state index contributed by atoms with van der Waals surface area (Å²) in [6.45, 7) is 4.00. The molecule has 4 heteroatoms. The van der Waals surface area contributed by atoms with Crippen molar-refractivity contribution in [1.82, 2.24) is 4.98 Å². The predicted molar refractivity (Wildman–Crippen MR) is 67.9 cm³/mol. The summed E-state index contributed by atoms with van der Waals surface area (Å²) in [7, 11) is 0. The number of halogens is 1. The minimum Gasteiger partial charge on any atom is -1.00 e. The number of rotatable bonds is 1. The van der Waals surface area contributed by atoms with Gasteiger partial charge in [-0.15, -0.1) is 0 Å². The third kappa shape index (κ3) is 6.96. The molecule has 0 atom stereocenters. The van der Waals surface area contributed by atoms with Gasteiger partial charge in [0, 0.05) is 18.8 Å². The predicted octanol–water partition coefficient (Wildman–Crippen LogP) is -0.318. The molecule has 17 heavy (non-hydrogen) atoms. The van der Waals surface area contributed by atoms with Crippen molar-refractivity contribution >= 4 is 34.4 Å². The molecule has 1 aromatic rings. The summed E-state index contributed by atoms with van der Waals surface area (Å²) in [6, 6.07) is 3.87. The fourth-order valence-corrected chi connectivity index (χ4v) is 1.38. The summed E-state index contributed by atoms with van der Waals surface area (Å²) in [6.07, 6.45) is 8.77. The van der Waals surface area contributed by atoms with Crippen molar-refractivity contribution in [3.05, 3.63) is 42.6 Å². The Morgan fingerprint density at radius 3 is 2.35 bits per heavy atom. The third-order valence-corrected chi connectivity index (χ3v) is 2.01. The number of carbonyl (C=O) groups excluding carboxylic acids is 1. The SMILES string of the molecule is C[CH-]C.O=C1C=C(c2cccnc2)CC1.[Br-].[Mg+2]. The van der Waals surface area contributed by atoms with Crippen LogP contribution in [0.5, 0.6) is 0 Å². The molecule has 2 rings (SSSR count). The Morgan fingerprint density at radius 1 is 1.29 bits per heavy atom. The van der Waals surface area contributed by atoms with Gasteiger partial charge >= 0.3 is 23.1 Å². The zero-order valence-corrected chi connectivity index (χ0v) is 13.3. The summed E-state index contributed by atoms with van der Waals surface area (Å²) < 4.78 is 0. The zero-order chi connectivity index (χ0) is 11.1. The quantitative estimate of drug-likeness (QED) is 0.526. The van der Waals surface area contributed by atoms with Gasteiger partial charge in [0.2, 0.25) is 0 Å². The normalized spacial score (nSPS) is 12.6. The molecule has 0 spiro atoms. The summed E-state index contributed by atoms with van der Waals surface area (Å²) >= 11 is 0. The maximum atomic E-state index is 10.9. The van der Waals surface area contributed by atoms with Crippen molar-refractivity contribution in [2.45, 2.75) is 26.7 Å². The van der Waals surface area contributed by atoms with Gasteiger partial charge in [0.15, 0.2) is 5.78 Å². The maximum absolute atomic E-state index is 10.9. The van der Waals surface area contributed by atoms with Crippen molar-refractivity contribution in [2.24, 2.45) is 0 Å². The first-order valence-corrected chi connectivity index (χ1v) is 5.15. The maximum Gasteiger partial charge on any atom is 2.00 e. The van der Waals surface area contributed by atoms with Crippen molar-refractivity contribution in [1.29, 1.82) is 0 Å². The average Bonchev–Trinajstić information content (AvgIpc) is 2.67. The van der Waals surface area contributed by atoms with Gasteiger partial charge in [-0.05, 0) is 29.7 Å². The Balaban J connectivity index is 0. The van der Waals surface area contributed by atoms with Gasteiger partial charge < -0.3 is 23.4 Å².